The van der Waals surface area contributed by atoms with E-state index in [1.807, 2.05) is 24.1 Å². The number of aromatic nitrogens is 2. The molecule has 5 heteroatoms. The van der Waals surface area contributed by atoms with Crippen LogP contribution in [0.5, 0.6) is 0 Å². The Bertz CT molecular complexity index is 798. The number of nitrogens with zero attached hydrogens (tertiary/aromatic N) is 2. The van der Waals surface area contributed by atoms with Crippen LogP contribution in [0, 0.1) is 11.8 Å². The molecule has 3 aliphatic rings. The zero-order valence-corrected chi connectivity index (χ0v) is 13.8. The predicted octanol–water partition coefficient (Wildman–Crippen LogP) is 1.18. The van der Waals surface area contributed by atoms with Crippen molar-refractivity contribution >= 4 is 5.91 Å². The van der Waals surface area contributed by atoms with Crippen molar-refractivity contribution in [2.75, 3.05) is 13.1 Å². The molecule has 1 amide bonds. The molecule has 2 N–H and O–H groups in total. The molecule has 1 saturated carbocycles. The van der Waals surface area contributed by atoms with E-state index in [2.05, 4.69) is 40.0 Å². The average molecular weight is 322 g/mol. The summed E-state index contributed by atoms with van der Waals surface area (Å²) >= 11 is 0. The van der Waals surface area contributed by atoms with Crippen molar-refractivity contribution in [1.82, 2.24) is 20.4 Å². The van der Waals surface area contributed by atoms with Crippen LogP contribution in [0.25, 0.3) is 0 Å². The third kappa shape index (κ3) is 2.11. The maximum Gasteiger partial charge on any atom is 0.225 e. The predicted molar refractivity (Wildman–Crippen MR) is 90.6 cm³/mol. The van der Waals surface area contributed by atoms with Crippen LogP contribution in [0.4, 0.5) is 0 Å². The van der Waals surface area contributed by atoms with Gasteiger partial charge in [0, 0.05) is 44.2 Å². The second-order valence-electron chi connectivity index (χ2n) is 7.45. The largest absolute Gasteiger partial charge is 0.352 e. The molecule has 3 unspecified atom stereocenters. The first-order valence-corrected chi connectivity index (χ1v) is 8.80. The van der Waals surface area contributed by atoms with Gasteiger partial charge in [-0.1, -0.05) is 24.3 Å². The molecule has 2 fully saturated rings. The summed E-state index contributed by atoms with van der Waals surface area (Å²) in [6, 6.07) is 9.00. The van der Waals surface area contributed by atoms with Gasteiger partial charge in [-0.25, -0.2) is 0 Å². The van der Waals surface area contributed by atoms with Crippen LogP contribution in [-0.2, 0) is 18.3 Å². The SMILES string of the molecule is Cn1cc([C@H]2CNC[C@@H]2C(=O)NC2C3Cc4ccccc4C32)cn1. The van der Waals surface area contributed by atoms with Crippen molar-refractivity contribution in [3.05, 3.63) is 53.3 Å². The number of carbonyl (C=O) groups is 1. The number of rotatable bonds is 3. The van der Waals surface area contributed by atoms with Gasteiger partial charge in [0.15, 0.2) is 0 Å². The molecular weight excluding hydrogens is 300 g/mol. The smallest absolute Gasteiger partial charge is 0.225 e. The minimum atomic E-state index is 0.00534. The van der Waals surface area contributed by atoms with Crippen molar-refractivity contribution in [2.45, 2.75) is 24.3 Å². The van der Waals surface area contributed by atoms with Crippen LogP contribution >= 0.6 is 0 Å². The first-order chi connectivity index (χ1) is 11.7. The molecule has 1 saturated heterocycles. The molecule has 5 nitrogen and oxygen atoms in total. The normalized spacial score (nSPS) is 33.1. The molecule has 5 atom stereocenters. The highest BCUT2D eigenvalue weighted by Crippen LogP contribution is 2.56. The van der Waals surface area contributed by atoms with Crippen LogP contribution in [0.3, 0.4) is 0 Å². The Morgan fingerprint density at radius 2 is 2.21 bits per heavy atom. The highest BCUT2D eigenvalue weighted by molar-refractivity contribution is 5.81. The lowest BCUT2D eigenvalue weighted by Gasteiger charge is -2.18. The Balaban J connectivity index is 1.29. The Kier molecular flexibility index (Phi) is 3.07. The van der Waals surface area contributed by atoms with Gasteiger partial charge in [-0.2, -0.15) is 5.10 Å². The quantitative estimate of drug-likeness (QED) is 0.892. The van der Waals surface area contributed by atoms with Crippen molar-refractivity contribution in [3.8, 4) is 0 Å². The van der Waals surface area contributed by atoms with E-state index >= 15 is 0 Å². The Labute approximate surface area is 141 Å². The zero-order chi connectivity index (χ0) is 16.3. The molecule has 124 valence electrons. The van der Waals surface area contributed by atoms with Gasteiger partial charge in [-0.05, 0) is 29.0 Å². The average Bonchev–Trinajstić information content (AvgIpc) is 3.04. The van der Waals surface area contributed by atoms with Crippen molar-refractivity contribution in [2.24, 2.45) is 18.9 Å². The lowest BCUT2D eigenvalue weighted by atomic mass is 9.90. The monoisotopic (exact) mass is 322 g/mol. The summed E-state index contributed by atoms with van der Waals surface area (Å²) in [5, 5.41) is 11.0. The molecule has 0 bridgehead atoms. The minimum absolute atomic E-state index is 0.00534. The summed E-state index contributed by atoms with van der Waals surface area (Å²) < 4.78 is 1.81. The number of amides is 1. The van der Waals surface area contributed by atoms with Gasteiger partial charge < -0.3 is 10.6 Å². The van der Waals surface area contributed by atoms with Crippen LogP contribution in [-0.4, -0.2) is 34.8 Å². The summed E-state index contributed by atoms with van der Waals surface area (Å²) in [5.74, 6) is 1.58. The summed E-state index contributed by atoms with van der Waals surface area (Å²) in [5.41, 5.74) is 4.07. The second kappa shape index (κ2) is 5.18. The lowest BCUT2D eigenvalue weighted by Crippen LogP contribution is -2.37. The standard InChI is InChI=1S/C19H22N4O/c1-23-10-12(7-21-23)15-8-20-9-16(15)19(24)22-18-14-6-11-4-2-3-5-13(11)17(14)18/h2-5,7,10,14-18,20H,6,8-9H2,1H3,(H,22,24)/t14?,15-,16+,17?,18?/m1/s1. The van der Waals surface area contributed by atoms with E-state index < -0.39 is 0 Å². The number of hydrogen-bond acceptors (Lipinski definition) is 3. The molecule has 2 heterocycles. The molecule has 1 aromatic heterocycles. The highest BCUT2D eigenvalue weighted by atomic mass is 16.2. The summed E-state index contributed by atoms with van der Waals surface area (Å²) in [6.07, 6.45) is 5.03. The molecular formula is C19H22N4O. The molecule has 5 rings (SSSR count). The van der Waals surface area contributed by atoms with E-state index in [0.29, 0.717) is 17.9 Å². The first-order valence-electron chi connectivity index (χ1n) is 8.80. The molecule has 2 aromatic rings. The Hall–Kier alpha value is -2.14. The number of hydrogen-bond donors (Lipinski definition) is 2. The number of fused-ring (bicyclic) bond motifs is 3. The summed E-state index contributed by atoms with van der Waals surface area (Å²) in [7, 11) is 1.92. The fraction of sp³-hybridized carbons (Fsp3) is 0.474. The minimum Gasteiger partial charge on any atom is -0.352 e. The maximum atomic E-state index is 12.9. The van der Waals surface area contributed by atoms with E-state index in [1.165, 1.54) is 11.1 Å². The molecule has 0 radical (unpaired) electrons. The lowest BCUT2D eigenvalue weighted by molar-refractivity contribution is -0.125. The third-order valence-corrected chi connectivity index (χ3v) is 6.05. The zero-order valence-electron chi connectivity index (χ0n) is 13.8. The Morgan fingerprint density at radius 3 is 3.04 bits per heavy atom. The number of aryl methyl sites for hydroxylation is 1. The second-order valence-corrected chi connectivity index (χ2v) is 7.45. The maximum absolute atomic E-state index is 12.9. The summed E-state index contributed by atoms with van der Waals surface area (Å²) in [6.45, 7) is 1.61. The van der Waals surface area contributed by atoms with Crippen LogP contribution in [0.2, 0.25) is 0 Å². The van der Waals surface area contributed by atoms with E-state index in [4.69, 9.17) is 0 Å². The highest BCUT2D eigenvalue weighted by Gasteiger charge is 2.56. The van der Waals surface area contributed by atoms with E-state index in [-0.39, 0.29) is 17.7 Å². The Morgan fingerprint density at radius 1 is 1.33 bits per heavy atom. The van der Waals surface area contributed by atoms with Crippen molar-refractivity contribution in [3.63, 3.8) is 0 Å². The van der Waals surface area contributed by atoms with Crippen molar-refractivity contribution in [1.29, 1.82) is 0 Å². The fourth-order valence-electron chi connectivity index (χ4n) is 4.76. The molecule has 1 aliphatic heterocycles. The van der Waals surface area contributed by atoms with Gasteiger partial charge in [0.05, 0.1) is 12.1 Å². The van der Waals surface area contributed by atoms with E-state index in [1.54, 1.807) is 0 Å². The van der Waals surface area contributed by atoms with Gasteiger partial charge in [-0.15, -0.1) is 0 Å². The van der Waals surface area contributed by atoms with Crippen LogP contribution in [0.1, 0.15) is 28.5 Å². The van der Waals surface area contributed by atoms with Gasteiger partial charge in [0.2, 0.25) is 5.91 Å². The molecule has 0 spiro atoms. The van der Waals surface area contributed by atoms with E-state index in [9.17, 15) is 4.79 Å². The van der Waals surface area contributed by atoms with Crippen LogP contribution < -0.4 is 10.6 Å². The van der Waals surface area contributed by atoms with E-state index in [0.717, 1.165) is 25.1 Å². The number of benzene rings is 1. The first kappa shape index (κ1) is 14.2. The number of nitrogens with one attached hydrogen (secondary N) is 2. The molecule has 24 heavy (non-hydrogen) atoms. The molecule has 1 aromatic carbocycles. The topological polar surface area (TPSA) is 59.0 Å². The fourth-order valence-corrected chi connectivity index (χ4v) is 4.76. The summed E-state index contributed by atoms with van der Waals surface area (Å²) in [4.78, 5) is 12.9. The van der Waals surface area contributed by atoms with Gasteiger partial charge in [0.1, 0.15) is 0 Å². The van der Waals surface area contributed by atoms with Crippen molar-refractivity contribution < 1.29 is 4.79 Å². The molecule has 2 aliphatic carbocycles. The van der Waals surface area contributed by atoms with Gasteiger partial charge in [0.25, 0.3) is 0 Å². The number of carbonyl (C=O) groups excluding carboxylic acids is 1. The van der Waals surface area contributed by atoms with Gasteiger partial charge in [-0.3, -0.25) is 9.48 Å². The third-order valence-electron chi connectivity index (χ3n) is 6.05. The van der Waals surface area contributed by atoms with Crippen LogP contribution in [0.15, 0.2) is 36.7 Å². The van der Waals surface area contributed by atoms with Gasteiger partial charge >= 0.3 is 0 Å².